The lowest BCUT2D eigenvalue weighted by molar-refractivity contribution is -0.140. The zero-order valence-corrected chi connectivity index (χ0v) is 28.0. The van der Waals surface area contributed by atoms with Gasteiger partial charge in [0.1, 0.15) is 25.3 Å². The maximum Gasteiger partial charge on any atom is 0.407 e. The van der Waals surface area contributed by atoms with Crippen LogP contribution in [0.1, 0.15) is 45.2 Å². The molecular weight excluding hydrogens is 660 g/mol. The third kappa shape index (κ3) is 7.09. The molecular formula is C42H36N2O8. The summed E-state index contributed by atoms with van der Waals surface area (Å²) in [5.41, 5.74) is 9.56. The Hall–Kier alpha value is -6.42. The van der Waals surface area contributed by atoms with Crippen LogP contribution in [0, 0.1) is 0 Å². The fraction of sp³-hybridized carbons (Fsp3) is 0.190. The van der Waals surface area contributed by atoms with Gasteiger partial charge in [0.2, 0.25) is 0 Å². The van der Waals surface area contributed by atoms with Crippen LogP contribution >= 0.6 is 0 Å². The SMILES string of the molecule is O=C(N[C@@H](Cc1cccc(C[C@H](NC(=O)OCC2c3ccccc3-c3ccccc32)C(=O)O)c1)C(=O)O)OCC1c2ccccc2-c2ccccc21. The number of ether oxygens (including phenoxy) is 2. The molecule has 52 heavy (non-hydrogen) atoms. The molecule has 0 bridgehead atoms. The fourth-order valence-corrected chi connectivity index (χ4v) is 7.32. The zero-order valence-electron chi connectivity index (χ0n) is 28.0. The maximum absolute atomic E-state index is 12.9. The van der Waals surface area contributed by atoms with E-state index in [9.17, 15) is 29.4 Å². The summed E-state index contributed by atoms with van der Waals surface area (Å²) in [6.45, 7) is 0.0733. The van der Waals surface area contributed by atoms with E-state index in [1.165, 1.54) is 0 Å². The van der Waals surface area contributed by atoms with Crippen molar-refractivity contribution < 1.29 is 38.9 Å². The monoisotopic (exact) mass is 696 g/mol. The molecule has 4 N–H and O–H groups in total. The molecule has 10 heteroatoms. The van der Waals surface area contributed by atoms with E-state index in [0.717, 1.165) is 44.5 Å². The summed E-state index contributed by atoms with van der Waals surface area (Å²) in [7, 11) is 0. The minimum atomic E-state index is -1.31. The van der Waals surface area contributed by atoms with Crippen molar-refractivity contribution >= 4 is 24.1 Å². The summed E-state index contributed by atoms with van der Waals surface area (Å²) in [5, 5.41) is 24.8. The Morgan fingerprint density at radius 2 is 0.827 bits per heavy atom. The van der Waals surface area contributed by atoms with Crippen LogP contribution in [0.15, 0.2) is 121 Å². The topological polar surface area (TPSA) is 151 Å². The largest absolute Gasteiger partial charge is 0.480 e. The first-order chi connectivity index (χ1) is 25.3. The van der Waals surface area contributed by atoms with Gasteiger partial charge in [-0.1, -0.05) is 121 Å². The molecule has 0 saturated heterocycles. The minimum absolute atomic E-state index is 0.0366. The van der Waals surface area contributed by atoms with Crippen molar-refractivity contribution in [1.29, 1.82) is 0 Å². The Labute approximate surface area is 300 Å². The Kier molecular flexibility index (Phi) is 9.70. The molecule has 2 atom stereocenters. The number of carboxylic acids is 2. The number of amides is 2. The van der Waals surface area contributed by atoms with E-state index in [2.05, 4.69) is 10.6 Å². The Balaban J connectivity index is 0.947. The van der Waals surface area contributed by atoms with Crippen LogP contribution in [0.5, 0.6) is 0 Å². The van der Waals surface area contributed by atoms with Gasteiger partial charge >= 0.3 is 24.1 Å². The van der Waals surface area contributed by atoms with Gasteiger partial charge in [0.05, 0.1) is 0 Å². The summed E-state index contributed by atoms with van der Waals surface area (Å²) < 4.78 is 11.1. The average Bonchev–Trinajstić information content (AvgIpc) is 3.65. The first kappa shape index (κ1) is 34.0. The van der Waals surface area contributed by atoms with Crippen LogP contribution in [0.3, 0.4) is 0 Å². The van der Waals surface area contributed by atoms with E-state index in [1.807, 2.05) is 97.1 Å². The number of carboxylic acid groups (broad SMARTS) is 2. The first-order valence-electron chi connectivity index (χ1n) is 17.0. The highest BCUT2D eigenvalue weighted by Crippen LogP contribution is 2.45. The van der Waals surface area contributed by atoms with E-state index in [1.54, 1.807) is 24.3 Å². The van der Waals surface area contributed by atoms with E-state index < -0.39 is 36.2 Å². The lowest BCUT2D eigenvalue weighted by atomic mass is 9.98. The van der Waals surface area contributed by atoms with Gasteiger partial charge in [-0.3, -0.25) is 0 Å². The second-order valence-electron chi connectivity index (χ2n) is 12.9. The van der Waals surface area contributed by atoms with Crippen molar-refractivity contribution in [3.05, 3.63) is 155 Å². The van der Waals surface area contributed by atoms with E-state index in [4.69, 9.17) is 9.47 Å². The second kappa shape index (κ2) is 14.8. The third-order valence-corrected chi connectivity index (χ3v) is 9.74. The number of nitrogens with one attached hydrogen (secondary N) is 2. The van der Waals surface area contributed by atoms with Crippen LogP contribution in [-0.2, 0) is 31.9 Å². The van der Waals surface area contributed by atoms with Crippen LogP contribution in [0.4, 0.5) is 9.59 Å². The highest BCUT2D eigenvalue weighted by atomic mass is 16.6. The molecule has 5 aromatic carbocycles. The molecule has 2 amide bonds. The Morgan fingerprint density at radius 3 is 1.15 bits per heavy atom. The van der Waals surface area contributed by atoms with Gasteiger partial charge in [-0.2, -0.15) is 0 Å². The first-order valence-corrected chi connectivity index (χ1v) is 17.0. The number of fused-ring (bicyclic) bond motifs is 6. The average molecular weight is 697 g/mol. The normalized spacial score (nSPS) is 13.8. The van der Waals surface area contributed by atoms with Crippen LogP contribution in [-0.4, -0.2) is 59.6 Å². The zero-order chi connectivity index (χ0) is 36.2. The molecule has 2 aliphatic rings. The van der Waals surface area contributed by atoms with E-state index in [0.29, 0.717) is 11.1 Å². The van der Waals surface area contributed by atoms with Crippen molar-refractivity contribution in [2.24, 2.45) is 0 Å². The van der Waals surface area contributed by atoms with Crippen molar-refractivity contribution in [1.82, 2.24) is 10.6 Å². The van der Waals surface area contributed by atoms with E-state index >= 15 is 0 Å². The van der Waals surface area contributed by atoms with Crippen LogP contribution < -0.4 is 10.6 Å². The van der Waals surface area contributed by atoms with E-state index in [-0.39, 0.29) is 37.9 Å². The lowest BCUT2D eigenvalue weighted by Crippen LogP contribution is -2.43. The molecule has 0 unspecified atom stereocenters. The standard InChI is InChI=1S/C42H36N2O8/c45-39(46)37(43-41(49)51-23-35-31-16-5-1-12-27(31)28-13-2-6-17-32(28)35)21-25-10-9-11-26(20-25)22-38(40(47)48)44-42(50)52-24-36-33-18-7-3-14-29(33)30-15-4-8-19-34(30)36/h1-20,35-38H,21-24H2,(H,43,49)(H,44,50)(H,45,46)(H,47,48)/t37-,38-/m0/s1. The summed E-state index contributed by atoms with van der Waals surface area (Å²) >= 11 is 0. The summed E-state index contributed by atoms with van der Waals surface area (Å²) in [5.74, 6) is -2.86. The van der Waals surface area contributed by atoms with Crippen LogP contribution in [0.2, 0.25) is 0 Å². The molecule has 0 heterocycles. The molecule has 10 nitrogen and oxygen atoms in total. The molecule has 0 spiro atoms. The molecule has 0 saturated carbocycles. The van der Waals surface area contributed by atoms with Gasteiger partial charge in [-0.15, -0.1) is 0 Å². The van der Waals surface area contributed by atoms with Crippen molar-refractivity contribution in [2.75, 3.05) is 13.2 Å². The minimum Gasteiger partial charge on any atom is -0.480 e. The number of carbonyl (C=O) groups is 4. The summed E-state index contributed by atoms with van der Waals surface area (Å²) in [4.78, 5) is 50.1. The number of carbonyl (C=O) groups excluding carboxylic acids is 2. The van der Waals surface area contributed by atoms with Gasteiger partial charge in [0.25, 0.3) is 0 Å². The summed E-state index contributed by atoms with van der Waals surface area (Å²) in [6, 6.07) is 35.8. The van der Waals surface area contributed by atoms with Gasteiger partial charge in [0, 0.05) is 24.7 Å². The molecule has 262 valence electrons. The summed E-state index contributed by atoms with van der Waals surface area (Å²) in [6.07, 6.45) is -1.87. The molecule has 0 aliphatic heterocycles. The highest BCUT2D eigenvalue weighted by molar-refractivity contribution is 5.83. The molecule has 0 aromatic heterocycles. The van der Waals surface area contributed by atoms with Gasteiger partial charge in [0.15, 0.2) is 0 Å². The number of hydrogen-bond donors (Lipinski definition) is 4. The molecule has 0 radical (unpaired) electrons. The van der Waals surface area contributed by atoms with Crippen molar-refractivity contribution in [3.63, 3.8) is 0 Å². The van der Waals surface area contributed by atoms with Crippen molar-refractivity contribution in [3.8, 4) is 22.3 Å². The quantitative estimate of drug-likeness (QED) is 0.112. The van der Waals surface area contributed by atoms with Crippen LogP contribution in [0.25, 0.3) is 22.3 Å². The Morgan fingerprint density at radius 1 is 0.500 bits per heavy atom. The maximum atomic E-state index is 12.9. The molecule has 2 aliphatic carbocycles. The predicted molar refractivity (Wildman–Crippen MR) is 193 cm³/mol. The molecule has 0 fully saturated rings. The van der Waals surface area contributed by atoms with Crippen molar-refractivity contribution in [2.45, 2.75) is 36.8 Å². The molecule has 7 rings (SSSR count). The smallest absolute Gasteiger partial charge is 0.407 e. The number of alkyl carbamates (subject to hydrolysis) is 2. The van der Waals surface area contributed by atoms with Gasteiger partial charge in [-0.05, 0) is 55.6 Å². The Bertz CT molecular complexity index is 1920. The second-order valence-corrected chi connectivity index (χ2v) is 12.9. The number of rotatable bonds is 12. The number of benzene rings is 5. The van der Waals surface area contributed by atoms with Gasteiger partial charge < -0.3 is 30.3 Å². The third-order valence-electron chi connectivity index (χ3n) is 9.74. The number of aliphatic carboxylic acids is 2. The highest BCUT2D eigenvalue weighted by Gasteiger charge is 2.31. The molecule has 5 aromatic rings. The lowest BCUT2D eigenvalue weighted by Gasteiger charge is -2.19. The predicted octanol–water partition coefficient (Wildman–Crippen LogP) is 6.76. The van der Waals surface area contributed by atoms with Gasteiger partial charge in [-0.25, -0.2) is 19.2 Å². The fourth-order valence-electron chi connectivity index (χ4n) is 7.32. The number of hydrogen-bond acceptors (Lipinski definition) is 6.